The molecule has 1 saturated heterocycles. The third-order valence-electron chi connectivity index (χ3n) is 6.62. The van der Waals surface area contributed by atoms with Gasteiger partial charge in [-0.2, -0.15) is 0 Å². The maximum absolute atomic E-state index is 13.1. The predicted molar refractivity (Wildman–Crippen MR) is 148 cm³/mol. The molecule has 42 heavy (non-hydrogen) atoms. The highest BCUT2D eigenvalue weighted by atomic mass is 16.7. The van der Waals surface area contributed by atoms with Gasteiger partial charge in [0.25, 0.3) is 5.79 Å². The van der Waals surface area contributed by atoms with Gasteiger partial charge in [0.05, 0.1) is 38.5 Å². The number of methoxy groups -OCH3 is 1. The van der Waals surface area contributed by atoms with Crippen molar-refractivity contribution < 1.29 is 53.1 Å². The Balaban J connectivity index is 2.28. The summed E-state index contributed by atoms with van der Waals surface area (Å²) in [6.07, 6.45) is -4.14. The highest BCUT2D eigenvalue weighted by Crippen LogP contribution is 2.34. The lowest BCUT2D eigenvalue weighted by Crippen LogP contribution is -2.71. The molecule has 0 spiro atoms. The number of rotatable bonds is 16. The summed E-state index contributed by atoms with van der Waals surface area (Å²) in [5.41, 5.74) is 6.29. The van der Waals surface area contributed by atoms with E-state index in [0.29, 0.717) is 25.9 Å². The number of nitrogens with two attached hydrogens (primary N) is 1. The third kappa shape index (κ3) is 10.5. The number of hydrogen-bond acceptors (Lipinski definition) is 12. The van der Waals surface area contributed by atoms with E-state index in [1.165, 1.54) is 6.92 Å². The summed E-state index contributed by atoms with van der Waals surface area (Å²) in [6.45, 7) is 2.81. The first kappa shape index (κ1) is 34.9. The quantitative estimate of drug-likeness (QED) is 0.0989. The molecule has 14 nitrogen and oxygen atoms in total. The SMILES string of the molecule is CCOC(=O)CCCCCO[C@]1(C(=O)OC)C[C@@H](NC(=O)OCc2ccccc2)[C@@H](NC(C)=O)C([C@H](O)[C@H](O)CN)O1. The number of aliphatic hydroxyl groups excluding tert-OH is 2. The molecule has 1 heterocycles. The van der Waals surface area contributed by atoms with Crippen molar-refractivity contribution in [1.29, 1.82) is 0 Å². The maximum atomic E-state index is 13.1. The minimum absolute atomic E-state index is 0.0177. The fraction of sp³-hybridized carbons (Fsp3) is 0.643. The summed E-state index contributed by atoms with van der Waals surface area (Å²) in [6, 6.07) is 6.71. The van der Waals surface area contributed by atoms with Gasteiger partial charge in [-0.3, -0.25) is 9.59 Å². The number of carbonyl (C=O) groups excluding carboxylic acids is 4. The zero-order valence-corrected chi connectivity index (χ0v) is 24.3. The van der Waals surface area contributed by atoms with Gasteiger partial charge in [0, 0.05) is 26.3 Å². The molecule has 236 valence electrons. The largest absolute Gasteiger partial charge is 0.466 e. The Labute approximate surface area is 245 Å². The number of ether oxygens (including phenoxy) is 5. The Morgan fingerprint density at radius 1 is 1.10 bits per heavy atom. The van der Waals surface area contributed by atoms with Gasteiger partial charge in [0.1, 0.15) is 18.8 Å². The zero-order valence-electron chi connectivity index (χ0n) is 24.3. The van der Waals surface area contributed by atoms with E-state index in [1.54, 1.807) is 31.2 Å². The molecule has 0 aromatic heterocycles. The lowest BCUT2D eigenvalue weighted by molar-refractivity contribution is -0.301. The number of nitrogens with one attached hydrogen (secondary N) is 2. The van der Waals surface area contributed by atoms with Crippen molar-refractivity contribution >= 4 is 23.9 Å². The van der Waals surface area contributed by atoms with Crippen molar-refractivity contribution in [2.24, 2.45) is 5.73 Å². The molecule has 1 aromatic carbocycles. The Morgan fingerprint density at radius 2 is 1.81 bits per heavy atom. The van der Waals surface area contributed by atoms with E-state index in [-0.39, 0.29) is 38.6 Å². The Morgan fingerprint density at radius 3 is 2.43 bits per heavy atom. The number of esters is 2. The maximum Gasteiger partial charge on any atom is 0.407 e. The number of carbonyl (C=O) groups is 4. The van der Waals surface area contributed by atoms with Crippen molar-refractivity contribution in [2.45, 2.75) is 88.7 Å². The number of amides is 2. The van der Waals surface area contributed by atoms with E-state index >= 15 is 0 Å². The predicted octanol–water partition coefficient (Wildman–Crippen LogP) is 0.265. The van der Waals surface area contributed by atoms with Crippen LogP contribution < -0.4 is 16.4 Å². The van der Waals surface area contributed by atoms with Crippen LogP contribution in [0.2, 0.25) is 0 Å². The summed E-state index contributed by atoms with van der Waals surface area (Å²) in [4.78, 5) is 49.7. The first-order valence-electron chi connectivity index (χ1n) is 13.9. The molecule has 0 aliphatic carbocycles. The number of alkyl carbamates (subject to hydrolysis) is 1. The molecule has 0 saturated carbocycles. The molecule has 0 radical (unpaired) electrons. The normalized spacial score (nSPS) is 23.2. The average Bonchev–Trinajstić information content (AvgIpc) is 2.98. The van der Waals surface area contributed by atoms with Gasteiger partial charge in [-0.15, -0.1) is 0 Å². The van der Waals surface area contributed by atoms with Gasteiger partial charge in [-0.25, -0.2) is 9.59 Å². The lowest BCUT2D eigenvalue weighted by Gasteiger charge is -2.48. The summed E-state index contributed by atoms with van der Waals surface area (Å²) in [5.74, 6) is -3.94. The van der Waals surface area contributed by atoms with Gasteiger partial charge >= 0.3 is 18.0 Å². The Bertz CT molecular complexity index is 1010. The van der Waals surface area contributed by atoms with Crippen LogP contribution in [0.15, 0.2) is 30.3 Å². The number of aliphatic hydroxyl groups is 2. The molecule has 2 rings (SSSR count). The van der Waals surface area contributed by atoms with Crippen LogP contribution in [0.5, 0.6) is 0 Å². The third-order valence-corrected chi connectivity index (χ3v) is 6.62. The molecular formula is C28H43N3O11. The van der Waals surface area contributed by atoms with Crippen LogP contribution in [0.4, 0.5) is 4.79 Å². The molecule has 14 heteroatoms. The lowest BCUT2D eigenvalue weighted by atomic mass is 9.86. The fourth-order valence-corrected chi connectivity index (χ4v) is 4.56. The van der Waals surface area contributed by atoms with Crippen molar-refractivity contribution in [3.05, 3.63) is 35.9 Å². The van der Waals surface area contributed by atoms with Crippen LogP contribution in [-0.4, -0.2) is 97.2 Å². The van der Waals surface area contributed by atoms with Crippen molar-refractivity contribution in [2.75, 3.05) is 26.9 Å². The highest BCUT2D eigenvalue weighted by Gasteiger charge is 2.56. The summed E-state index contributed by atoms with van der Waals surface area (Å²) < 4.78 is 27.1. The molecule has 6 atom stereocenters. The molecule has 1 fully saturated rings. The van der Waals surface area contributed by atoms with Crippen LogP contribution in [-0.2, 0) is 44.7 Å². The van der Waals surface area contributed by atoms with Gasteiger partial charge in [0.2, 0.25) is 5.91 Å². The molecule has 1 aliphatic rings. The molecule has 0 bridgehead atoms. The van der Waals surface area contributed by atoms with Crippen LogP contribution in [0.1, 0.15) is 51.5 Å². The van der Waals surface area contributed by atoms with Crippen molar-refractivity contribution in [1.82, 2.24) is 10.6 Å². The topological polar surface area (TPSA) is 205 Å². The van der Waals surface area contributed by atoms with Gasteiger partial charge < -0.3 is 50.3 Å². The van der Waals surface area contributed by atoms with Crippen LogP contribution >= 0.6 is 0 Å². The second-order valence-corrected chi connectivity index (χ2v) is 9.83. The standard InChI is InChI=1S/C28H43N3O11/c1-4-39-22(34)13-9-6-10-14-41-28(26(36)38-3)15-20(31-27(37)40-17-19-11-7-5-8-12-19)23(30-18(2)32)25(42-28)24(35)21(33)16-29/h5,7-8,11-12,20-21,23-25,33,35H,4,6,9-10,13-17,29H2,1-3H3,(H,30,32)(H,31,37)/t20-,21-,23-,24-,25?,28-/m1/s1. The smallest absolute Gasteiger partial charge is 0.407 e. The number of benzene rings is 1. The summed E-state index contributed by atoms with van der Waals surface area (Å²) in [5, 5.41) is 26.6. The molecule has 1 unspecified atom stereocenters. The molecular weight excluding hydrogens is 554 g/mol. The van der Waals surface area contributed by atoms with E-state index in [1.807, 2.05) is 6.07 Å². The van der Waals surface area contributed by atoms with Crippen molar-refractivity contribution in [3.63, 3.8) is 0 Å². The van der Waals surface area contributed by atoms with Crippen LogP contribution in [0.25, 0.3) is 0 Å². The molecule has 1 aromatic rings. The van der Waals surface area contributed by atoms with Gasteiger partial charge in [-0.05, 0) is 25.3 Å². The Kier molecular flexibility index (Phi) is 14.6. The molecule has 6 N–H and O–H groups in total. The monoisotopic (exact) mass is 597 g/mol. The van der Waals surface area contributed by atoms with Crippen LogP contribution in [0.3, 0.4) is 0 Å². The highest BCUT2D eigenvalue weighted by molar-refractivity contribution is 5.79. The van der Waals surface area contributed by atoms with E-state index in [2.05, 4.69) is 10.6 Å². The average molecular weight is 598 g/mol. The summed E-state index contributed by atoms with van der Waals surface area (Å²) >= 11 is 0. The summed E-state index contributed by atoms with van der Waals surface area (Å²) in [7, 11) is 1.12. The minimum Gasteiger partial charge on any atom is -0.466 e. The number of unbranched alkanes of at least 4 members (excludes halogenated alkanes) is 2. The number of hydrogen-bond donors (Lipinski definition) is 5. The molecule has 2 amide bonds. The minimum atomic E-state index is -2.14. The van der Waals surface area contributed by atoms with E-state index in [9.17, 15) is 29.4 Å². The fourth-order valence-electron chi connectivity index (χ4n) is 4.56. The van der Waals surface area contributed by atoms with Gasteiger partial charge in [0.15, 0.2) is 0 Å². The first-order chi connectivity index (χ1) is 20.1. The second kappa shape index (κ2) is 17.6. The van der Waals surface area contributed by atoms with E-state index in [0.717, 1.165) is 12.7 Å². The zero-order chi connectivity index (χ0) is 31.1. The second-order valence-electron chi connectivity index (χ2n) is 9.83. The Hall–Kier alpha value is -3.30. The van der Waals surface area contributed by atoms with Crippen LogP contribution in [0, 0.1) is 0 Å². The first-order valence-corrected chi connectivity index (χ1v) is 13.9. The van der Waals surface area contributed by atoms with E-state index < -0.39 is 54.2 Å². The van der Waals surface area contributed by atoms with Gasteiger partial charge in [-0.1, -0.05) is 36.8 Å². The van der Waals surface area contributed by atoms with E-state index in [4.69, 9.17) is 29.4 Å². The molecule has 1 aliphatic heterocycles. The van der Waals surface area contributed by atoms with Crippen molar-refractivity contribution in [3.8, 4) is 0 Å².